The SMILES string of the molecule is CCNC(=NCC(C)(O)c1ccco1)NCCCCCN1CCCCC1. The van der Waals surface area contributed by atoms with Crippen molar-refractivity contribution in [2.75, 3.05) is 39.3 Å². The fraction of sp³-hybridized carbons (Fsp3) is 0.750. The molecule has 1 fully saturated rings. The second-order valence-electron chi connectivity index (χ2n) is 7.34. The quantitative estimate of drug-likeness (QED) is 0.338. The largest absolute Gasteiger partial charge is 0.466 e. The molecule has 0 spiro atoms. The van der Waals surface area contributed by atoms with E-state index < -0.39 is 5.60 Å². The summed E-state index contributed by atoms with van der Waals surface area (Å²) < 4.78 is 5.30. The van der Waals surface area contributed by atoms with Crippen molar-refractivity contribution < 1.29 is 9.52 Å². The van der Waals surface area contributed by atoms with Gasteiger partial charge in [-0.15, -0.1) is 0 Å². The molecule has 0 amide bonds. The molecule has 6 heteroatoms. The number of unbranched alkanes of at least 4 members (excludes halogenated alkanes) is 2. The lowest BCUT2D eigenvalue weighted by Crippen LogP contribution is -2.39. The van der Waals surface area contributed by atoms with Crippen molar-refractivity contribution in [1.82, 2.24) is 15.5 Å². The van der Waals surface area contributed by atoms with Crippen LogP contribution in [0.2, 0.25) is 0 Å². The summed E-state index contributed by atoms with van der Waals surface area (Å²) in [7, 11) is 0. The summed E-state index contributed by atoms with van der Waals surface area (Å²) in [6, 6.07) is 3.55. The second kappa shape index (κ2) is 11.2. The molecule has 0 aromatic carbocycles. The Bertz CT molecular complexity index is 508. The summed E-state index contributed by atoms with van der Waals surface area (Å²) in [4.78, 5) is 7.10. The lowest BCUT2D eigenvalue weighted by Gasteiger charge is -2.26. The first-order chi connectivity index (χ1) is 12.6. The second-order valence-corrected chi connectivity index (χ2v) is 7.34. The molecule has 1 saturated heterocycles. The van der Waals surface area contributed by atoms with Crippen LogP contribution in [0.15, 0.2) is 27.8 Å². The van der Waals surface area contributed by atoms with Gasteiger partial charge >= 0.3 is 0 Å². The maximum atomic E-state index is 10.5. The standard InChI is InChI=1S/C20H36N4O2/c1-3-21-19(23-17-20(2,25)18-11-10-16-26-18)22-12-6-4-7-13-24-14-8-5-9-15-24/h10-11,16,25H,3-9,12-15,17H2,1-2H3,(H2,21,22,23). The number of aliphatic hydroxyl groups is 1. The molecule has 1 aliphatic rings. The number of piperidine rings is 1. The first-order valence-electron chi connectivity index (χ1n) is 10.1. The lowest BCUT2D eigenvalue weighted by molar-refractivity contribution is 0.0437. The average molecular weight is 365 g/mol. The predicted molar refractivity (Wildman–Crippen MR) is 106 cm³/mol. The van der Waals surface area contributed by atoms with E-state index >= 15 is 0 Å². The summed E-state index contributed by atoms with van der Waals surface area (Å²) in [5.41, 5.74) is -1.10. The van der Waals surface area contributed by atoms with Gasteiger partial charge in [-0.05, 0) is 71.3 Å². The number of hydrogen-bond acceptors (Lipinski definition) is 4. The molecule has 0 radical (unpaired) electrons. The molecule has 0 saturated carbocycles. The van der Waals surface area contributed by atoms with Crippen molar-refractivity contribution in [2.24, 2.45) is 4.99 Å². The zero-order valence-electron chi connectivity index (χ0n) is 16.5. The van der Waals surface area contributed by atoms with Crippen LogP contribution in [-0.2, 0) is 5.60 Å². The molecule has 2 rings (SSSR count). The summed E-state index contributed by atoms with van der Waals surface area (Å²) in [6.07, 6.45) is 9.33. The highest BCUT2D eigenvalue weighted by atomic mass is 16.4. The van der Waals surface area contributed by atoms with E-state index in [1.54, 1.807) is 25.3 Å². The Labute approximate surface area is 158 Å². The van der Waals surface area contributed by atoms with Crippen molar-refractivity contribution in [1.29, 1.82) is 0 Å². The van der Waals surface area contributed by atoms with E-state index in [0.717, 1.165) is 25.5 Å². The molecule has 26 heavy (non-hydrogen) atoms. The third-order valence-corrected chi connectivity index (χ3v) is 4.83. The Morgan fingerprint density at radius 1 is 1.23 bits per heavy atom. The Hall–Kier alpha value is -1.53. The molecular weight excluding hydrogens is 328 g/mol. The Morgan fingerprint density at radius 3 is 2.73 bits per heavy atom. The number of guanidine groups is 1. The monoisotopic (exact) mass is 364 g/mol. The zero-order valence-corrected chi connectivity index (χ0v) is 16.5. The fourth-order valence-electron chi connectivity index (χ4n) is 3.26. The summed E-state index contributed by atoms with van der Waals surface area (Å²) in [6.45, 7) is 9.51. The topological polar surface area (TPSA) is 73.0 Å². The molecule has 148 valence electrons. The maximum absolute atomic E-state index is 10.5. The van der Waals surface area contributed by atoms with E-state index in [1.807, 2.05) is 6.92 Å². The number of nitrogens with zero attached hydrogens (tertiary/aromatic N) is 2. The van der Waals surface area contributed by atoms with Crippen molar-refractivity contribution in [3.8, 4) is 0 Å². The number of hydrogen-bond donors (Lipinski definition) is 3. The summed E-state index contributed by atoms with van der Waals surface area (Å²) >= 11 is 0. The normalized spacial score (nSPS) is 18.5. The highest BCUT2D eigenvalue weighted by molar-refractivity contribution is 5.79. The van der Waals surface area contributed by atoms with Crippen LogP contribution in [0.25, 0.3) is 0 Å². The van der Waals surface area contributed by atoms with Gasteiger partial charge in [0.25, 0.3) is 0 Å². The maximum Gasteiger partial charge on any atom is 0.191 e. The summed E-state index contributed by atoms with van der Waals surface area (Å²) in [5.74, 6) is 1.28. The molecule has 1 unspecified atom stereocenters. The Kier molecular flexibility index (Phi) is 8.98. The van der Waals surface area contributed by atoms with Gasteiger partial charge in [0, 0.05) is 13.1 Å². The van der Waals surface area contributed by atoms with Crippen LogP contribution < -0.4 is 10.6 Å². The van der Waals surface area contributed by atoms with Crippen LogP contribution in [0.4, 0.5) is 0 Å². The van der Waals surface area contributed by atoms with Crippen molar-refractivity contribution in [2.45, 2.75) is 58.0 Å². The molecule has 1 aromatic rings. The van der Waals surface area contributed by atoms with Crippen molar-refractivity contribution in [3.63, 3.8) is 0 Å². The number of furan rings is 1. The third-order valence-electron chi connectivity index (χ3n) is 4.83. The van der Waals surface area contributed by atoms with Gasteiger partial charge in [0.15, 0.2) is 5.96 Å². The van der Waals surface area contributed by atoms with Gasteiger partial charge in [0.2, 0.25) is 0 Å². The lowest BCUT2D eigenvalue weighted by atomic mass is 10.0. The van der Waals surface area contributed by atoms with E-state index in [1.165, 1.54) is 51.7 Å². The van der Waals surface area contributed by atoms with Gasteiger partial charge in [-0.1, -0.05) is 12.8 Å². The summed E-state index contributed by atoms with van der Waals surface area (Å²) in [5, 5.41) is 17.1. The van der Waals surface area contributed by atoms with Crippen molar-refractivity contribution in [3.05, 3.63) is 24.2 Å². The minimum absolute atomic E-state index is 0.255. The molecule has 1 aromatic heterocycles. The molecule has 0 bridgehead atoms. The highest BCUT2D eigenvalue weighted by Crippen LogP contribution is 2.21. The van der Waals surface area contributed by atoms with Gasteiger partial charge in [0.05, 0.1) is 12.8 Å². The molecule has 3 N–H and O–H groups in total. The fourth-order valence-corrected chi connectivity index (χ4v) is 3.26. The van der Waals surface area contributed by atoms with Gasteiger partial charge < -0.3 is 25.1 Å². The molecule has 1 atom stereocenters. The van der Waals surface area contributed by atoms with Crippen molar-refractivity contribution >= 4 is 5.96 Å². The Balaban J connectivity index is 1.65. The first kappa shape index (κ1) is 20.8. The average Bonchev–Trinajstić information content (AvgIpc) is 3.19. The van der Waals surface area contributed by atoms with Crippen LogP contribution in [0.3, 0.4) is 0 Å². The zero-order chi connectivity index (χ0) is 18.7. The molecule has 6 nitrogen and oxygen atoms in total. The van der Waals surface area contributed by atoms with Gasteiger partial charge in [-0.25, -0.2) is 4.99 Å². The number of likely N-dealkylation sites (tertiary alicyclic amines) is 1. The molecule has 2 heterocycles. The van der Waals surface area contributed by atoms with E-state index in [2.05, 4.69) is 20.5 Å². The first-order valence-corrected chi connectivity index (χ1v) is 10.1. The molecule has 1 aliphatic heterocycles. The van der Waals surface area contributed by atoms with Gasteiger partial charge in [0.1, 0.15) is 11.4 Å². The highest BCUT2D eigenvalue weighted by Gasteiger charge is 2.26. The smallest absolute Gasteiger partial charge is 0.191 e. The van der Waals surface area contributed by atoms with E-state index in [0.29, 0.717) is 5.76 Å². The molecule has 0 aliphatic carbocycles. The van der Waals surface area contributed by atoms with Gasteiger partial charge in [-0.2, -0.15) is 0 Å². The minimum atomic E-state index is -1.10. The third kappa shape index (κ3) is 7.38. The number of aliphatic imine (C=N–C) groups is 1. The number of nitrogens with one attached hydrogen (secondary N) is 2. The van der Waals surface area contributed by atoms with Crippen LogP contribution in [0.5, 0.6) is 0 Å². The van der Waals surface area contributed by atoms with Crippen LogP contribution in [0.1, 0.15) is 58.1 Å². The predicted octanol–water partition coefficient (Wildman–Crippen LogP) is 2.70. The van der Waals surface area contributed by atoms with Crippen LogP contribution in [0, 0.1) is 0 Å². The minimum Gasteiger partial charge on any atom is -0.466 e. The molecular formula is C20H36N4O2. The van der Waals surface area contributed by atoms with E-state index in [9.17, 15) is 5.11 Å². The Morgan fingerprint density at radius 2 is 2.04 bits per heavy atom. The number of rotatable bonds is 10. The van der Waals surface area contributed by atoms with Crippen LogP contribution in [-0.4, -0.2) is 55.2 Å². The van der Waals surface area contributed by atoms with Gasteiger partial charge in [-0.3, -0.25) is 0 Å². The van der Waals surface area contributed by atoms with E-state index in [4.69, 9.17) is 4.42 Å². The van der Waals surface area contributed by atoms with E-state index in [-0.39, 0.29) is 6.54 Å². The van der Waals surface area contributed by atoms with Crippen LogP contribution >= 0.6 is 0 Å².